The third-order valence-corrected chi connectivity index (χ3v) is 6.26. The van der Waals surface area contributed by atoms with E-state index in [1.165, 1.54) is 25.9 Å². The summed E-state index contributed by atoms with van der Waals surface area (Å²) in [6, 6.07) is 0. The largest absolute Gasteiger partial charge is 0.373 e. The SMILES string of the molecule is O=C1NC(O)C/C1=C\c1cnn2c(N3CCC(F)C3)nc(NCCCN3CCCC3)nc12. The fourth-order valence-electron chi connectivity index (χ4n) is 4.58. The van der Waals surface area contributed by atoms with Crippen molar-refractivity contribution in [2.75, 3.05) is 49.5 Å². The van der Waals surface area contributed by atoms with Gasteiger partial charge in [0.05, 0.1) is 12.7 Å². The molecule has 0 saturated carbocycles. The summed E-state index contributed by atoms with van der Waals surface area (Å²) in [5.41, 5.74) is 1.67. The summed E-state index contributed by atoms with van der Waals surface area (Å²) in [5, 5.41) is 19.9. The number of alkyl halides is 1. The van der Waals surface area contributed by atoms with E-state index in [0.29, 0.717) is 41.6 Å². The molecule has 10 nitrogen and oxygen atoms in total. The lowest BCUT2D eigenvalue weighted by molar-refractivity contribution is -0.117. The van der Waals surface area contributed by atoms with Crippen LogP contribution in [0.5, 0.6) is 0 Å². The minimum Gasteiger partial charge on any atom is -0.373 e. The maximum Gasteiger partial charge on any atom is 0.249 e. The Morgan fingerprint density at radius 2 is 2.12 bits per heavy atom. The zero-order valence-corrected chi connectivity index (χ0v) is 18.0. The first-order valence-corrected chi connectivity index (χ1v) is 11.4. The van der Waals surface area contributed by atoms with Crippen molar-refractivity contribution >= 4 is 29.5 Å². The Morgan fingerprint density at radius 3 is 2.84 bits per heavy atom. The number of carbonyl (C=O) groups is 1. The van der Waals surface area contributed by atoms with Crippen molar-refractivity contribution in [3.8, 4) is 0 Å². The summed E-state index contributed by atoms with van der Waals surface area (Å²) in [7, 11) is 0. The van der Waals surface area contributed by atoms with Gasteiger partial charge in [-0.1, -0.05) is 0 Å². The molecule has 0 radical (unpaired) electrons. The Balaban J connectivity index is 1.41. The second kappa shape index (κ2) is 8.99. The molecule has 172 valence electrons. The number of hydrogen-bond acceptors (Lipinski definition) is 8. The van der Waals surface area contributed by atoms with E-state index in [1.807, 2.05) is 4.90 Å². The number of nitrogens with zero attached hydrogens (tertiary/aromatic N) is 6. The van der Waals surface area contributed by atoms with E-state index in [4.69, 9.17) is 0 Å². The van der Waals surface area contributed by atoms with Crippen LogP contribution in [-0.2, 0) is 4.79 Å². The number of aliphatic hydroxyl groups is 1. The van der Waals surface area contributed by atoms with Crippen LogP contribution >= 0.6 is 0 Å². The summed E-state index contributed by atoms with van der Waals surface area (Å²) in [5.74, 6) is 0.705. The van der Waals surface area contributed by atoms with E-state index in [9.17, 15) is 14.3 Å². The minimum absolute atomic E-state index is 0.228. The topological polar surface area (TPSA) is 111 Å². The van der Waals surface area contributed by atoms with Crippen LogP contribution in [0.2, 0.25) is 0 Å². The number of aromatic nitrogens is 4. The number of likely N-dealkylation sites (tertiary alicyclic amines) is 1. The molecule has 2 aromatic rings. The van der Waals surface area contributed by atoms with E-state index < -0.39 is 12.4 Å². The van der Waals surface area contributed by atoms with Gasteiger partial charge in [-0.05, 0) is 51.4 Å². The third kappa shape index (κ3) is 4.40. The van der Waals surface area contributed by atoms with E-state index in [0.717, 1.165) is 19.5 Å². The molecule has 3 fully saturated rings. The number of halogens is 1. The van der Waals surface area contributed by atoms with Crippen molar-refractivity contribution in [1.29, 1.82) is 0 Å². The molecule has 3 aliphatic heterocycles. The zero-order chi connectivity index (χ0) is 22.1. The monoisotopic (exact) mass is 444 g/mol. The highest BCUT2D eigenvalue weighted by atomic mass is 19.1. The molecule has 5 rings (SSSR count). The Kier molecular flexibility index (Phi) is 5.92. The minimum atomic E-state index is -0.891. The van der Waals surface area contributed by atoms with Crippen molar-refractivity contribution < 1.29 is 14.3 Å². The summed E-state index contributed by atoms with van der Waals surface area (Å²) in [6.45, 7) is 4.94. The Hall–Kier alpha value is -2.79. The third-order valence-electron chi connectivity index (χ3n) is 6.26. The number of aliphatic hydroxyl groups excluding tert-OH is 1. The number of nitrogens with one attached hydrogen (secondary N) is 2. The van der Waals surface area contributed by atoms with Gasteiger partial charge in [-0.15, -0.1) is 0 Å². The average molecular weight is 445 g/mol. The van der Waals surface area contributed by atoms with E-state index in [2.05, 4.69) is 30.6 Å². The van der Waals surface area contributed by atoms with Gasteiger partial charge in [-0.25, -0.2) is 4.39 Å². The highest BCUT2D eigenvalue weighted by Gasteiger charge is 2.28. The van der Waals surface area contributed by atoms with Crippen LogP contribution in [0, 0.1) is 0 Å². The molecule has 2 atom stereocenters. The van der Waals surface area contributed by atoms with E-state index in [-0.39, 0.29) is 18.9 Å². The van der Waals surface area contributed by atoms with Crippen molar-refractivity contribution in [1.82, 2.24) is 29.8 Å². The van der Waals surface area contributed by atoms with Crippen LogP contribution in [0.3, 0.4) is 0 Å². The van der Waals surface area contributed by atoms with Gasteiger partial charge in [0, 0.05) is 30.6 Å². The molecular weight excluding hydrogens is 415 g/mol. The molecule has 2 unspecified atom stereocenters. The van der Waals surface area contributed by atoms with E-state index in [1.54, 1.807) is 16.8 Å². The lowest BCUT2D eigenvalue weighted by atomic mass is 10.1. The second-order valence-corrected chi connectivity index (χ2v) is 8.71. The standard InChI is InChI=1S/C21H29FN8O2/c22-16-4-9-29(13-16)21-27-20(23-5-3-8-28-6-1-2-7-28)26-18-15(12-24-30(18)21)10-14-11-17(31)25-19(14)32/h10,12,16-17,31H,1-9,11,13H2,(H,23,26)(H,25,32)/b14-10+. The fourth-order valence-corrected chi connectivity index (χ4v) is 4.58. The first-order valence-electron chi connectivity index (χ1n) is 11.4. The van der Waals surface area contributed by atoms with Crippen LogP contribution in [-0.4, -0.2) is 87.2 Å². The Labute approximate surface area is 185 Å². The van der Waals surface area contributed by atoms with Crippen molar-refractivity contribution in [3.63, 3.8) is 0 Å². The summed E-state index contributed by atoms with van der Waals surface area (Å²) in [4.78, 5) is 25.7. The molecule has 0 aliphatic carbocycles. The number of carbonyl (C=O) groups excluding carboxylic acids is 1. The fraction of sp³-hybridized carbons (Fsp3) is 0.619. The van der Waals surface area contributed by atoms with Gasteiger partial charge in [-0.3, -0.25) is 4.79 Å². The van der Waals surface area contributed by atoms with Gasteiger partial charge in [0.15, 0.2) is 5.65 Å². The summed E-state index contributed by atoms with van der Waals surface area (Å²) >= 11 is 0. The predicted molar refractivity (Wildman–Crippen MR) is 118 cm³/mol. The van der Waals surface area contributed by atoms with Crippen LogP contribution in [0.15, 0.2) is 11.8 Å². The first-order chi connectivity index (χ1) is 15.6. The van der Waals surface area contributed by atoms with Crippen LogP contribution in [0.4, 0.5) is 16.3 Å². The molecule has 0 bridgehead atoms. The zero-order valence-electron chi connectivity index (χ0n) is 18.0. The highest BCUT2D eigenvalue weighted by Crippen LogP contribution is 2.25. The Bertz CT molecular complexity index is 1020. The lowest BCUT2D eigenvalue weighted by Crippen LogP contribution is -2.26. The molecule has 5 heterocycles. The highest BCUT2D eigenvalue weighted by molar-refractivity contribution is 6.00. The number of anilines is 2. The second-order valence-electron chi connectivity index (χ2n) is 8.71. The van der Waals surface area contributed by atoms with Gasteiger partial charge >= 0.3 is 0 Å². The Morgan fingerprint density at radius 1 is 1.28 bits per heavy atom. The number of amides is 1. The predicted octanol–water partition coefficient (Wildman–Crippen LogP) is 0.792. The molecule has 3 aliphatic rings. The van der Waals surface area contributed by atoms with Gasteiger partial charge in [0.1, 0.15) is 12.4 Å². The average Bonchev–Trinajstić information content (AvgIpc) is 3.55. The van der Waals surface area contributed by atoms with Crippen molar-refractivity contribution in [2.45, 2.75) is 44.5 Å². The normalized spacial score (nSPS) is 25.4. The first kappa shape index (κ1) is 21.1. The van der Waals surface area contributed by atoms with Gasteiger partial charge in [0.2, 0.25) is 17.8 Å². The van der Waals surface area contributed by atoms with Crippen molar-refractivity contribution in [3.05, 3.63) is 17.3 Å². The van der Waals surface area contributed by atoms with Crippen LogP contribution in [0.1, 0.15) is 37.7 Å². The molecule has 32 heavy (non-hydrogen) atoms. The smallest absolute Gasteiger partial charge is 0.249 e. The lowest BCUT2D eigenvalue weighted by Gasteiger charge is -2.18. The molecule has 0 spiro atoms. The van der Waals surface area contributed by atoms with Crippen LogP contribution in [0.25, 0.3) is 11.7 Å². The van der Waals surface area contributed by atoms with Gasteiger partial charge < -0.3 is 25.5 Å². The van der Waals surface area contributed by atoms with Crippen LogP contribution < -0.4 is 15.5 Å². The number of hydrogen-bond donors (Lipinski definition) is 3. The van der Waals surface area contributed by atoms with Gasteiger partial charge in [-0.2, -0.15) is 19.6 Å². The quantitative estimate of drug-likeness (QED) is 0.425. The maximum atomic E-state index is 13.9. The molecule has 1 amide bonds. The molecule has 3 N–H and O–H groups in total. The van der Waals surface area contributed by atoms with Crippen molar-refractivity contribution in [2.24, 2.45) is 0 Å². The van der Waals surface area contributed by atoms with E-state index >= 15 is 0 Å². The maximum absolute atomic E-state index is 13.9. The number of fused-ring (bicyclic) bond motifs is 1. The van der Waals surface area contributed by atoms with Gasteiger partial charge in [0.25, 0.3) is 0 Å². The molecule has 0 aromatic carbocycles. The summed E-state index contributed by atoms with van der Waals surface area (Å²) < 4.78 is 15.5. The molecular formula is C21H29FN8O2. The molecule has 2 aromatic heterocycles. The number of rotatable bonds is 7. The summed E-state index contributed by atoms with van der Waals surface area (Å²) in [6.07, 6.45) is 5.77. The molecule has 11 heteroatoms. The molecule has 3 saturated heterocycles.